The highest BCUT2D eigenvalue weighted by molar-refractivity contribution is 7.92. The predicted octanol–water partition coefficient (Wildman–Crippen LogP) is 3.27. The lowest BCUT2D eigenvalue weighted by Gasteiger charge is -2.12. The molecule has 0 spiro atoms. The van der Waals surface area contributed by atoms with Crippen LogP contribution in [-0.4, -0.2) is 43.2 Å². The van der Waals surface area contributed by atoms with Crippen LogP contribution < -0.4 is 20.1 Å². The van der Waals surface area contributed by atoms with E-state index in [0.717, 1.165) is 0 Å². The van der Waals surface area contributed by atoms with Crippen molar-refractivity contribution in [1.29, 1.82) is 0 Å². The number of methoxy groups -OCH3 is 1. The number of rotatable bonds is 8. The van der Waals surface area contributed by atoms with Crippen molar-refractivity contribution in [3.8, 4) is 5.88 Å². The lowest BCUT2D eigenvalue weighted by Crippen LogP contribution is -2.19. The largest absolute Gasteiger partial charge is 0.481 e. The van der Waals surface area contributed by atoms with Crippen molar-refractivity contribution in [3.63, 3.8) is 0 Å². The quantitative estimate of drug-likeness (QED) is 0.321. The van der Waals surface area contributed by atoms with E-state index in [0.29, 0.717) is 28.7 Å². The van der Waals surface area contributed by atoms with Gasteiger partial charge in [0.25, 0.3) is 10.0 Å². The zero-order valence-electron chi connectivity index (χ0n) is 17.7. The van der Waals surface area contributed by atoms with Crippen LogP contribution in [0.15, 0.2) is 65.8 Å². The third-order valence-corrected chi connectivity index (χ3v) is 5.74. The second-order valence-electron chi connectivity index (χ2n) is 6.45. The first kappa shape index (κ1) is 23.9. The Morgan fingerprint density at radius 1 is 1.00 bits per heavy atom. The first-order chi connectivity index (χ1) is 15.8. The molecule has 172 valence electrons. The minimum absolute atomic E-state index is 0.0408. The smallest absolute Gasteiger partial charge is 0.338 e. The van der Waals surface area contributed by atoms with E-state index in [1.54, 1.807) is 43.3 Å². The summed E-state index contributed by atoms with van der Waals surface area (Å²) in [6, 6.07) is 14.0. The Hall–Kier alpha value is -3.77. The maximum atomic E-state index is 12.6. The number of hydrogen-bond donors (Lipinski definition) is 3. The van der Waals surface area contributed by atoms with E-state index >= 15 is 0 Å². The zero-order chi connectivity index (χ0) is 23.8. The van der Waals surface area contributed by atoms with Gasteiger partial charge in [-0.2, -0.15) is 0 Å². The summed E-state index contributed by atoms with van der Waals surface area (Å²) in [5.41, 5.74) is 1.69. The second-order valence-corrected chi connectivity index (χ2v) is 8.54. The minimum atomic E-state index is -3.86. The summed E-state index contributed by atoms with van der Waals surface area (Å²) in [5, 5.41) is 6.25. The minimum Gasteiger partial charge on any atom is -0.481 e. The van der Waals surface area contributed by atoms with Crippen LogP contribution in [-0.2, 0) is 14.8 Å². The highest BCUT2D eigenvalue weighted by Gasteiger charge is 2.15. The Balaban J connectivity index is 1.60. The number of carbonyl (C=O) groups is 1. The number of hydrogen-bond acceptors (Lipinski definition) is 8. The molecular formula is C21H21N5O5S2. The molecule has 0 aliphatic carbocycles. The molecule has 0 fully saturated rings. The molecule has 0 unspecified atom stereocenters. The Kier molecular flexibility index (Phi) is 7.74. The topological polar surface area (TPSA) is 132 Å². The first-order valence-corrected chi connectivity index (χ1v) is 11.5. The van der Waals surface area contributed by atoms with E-state index in [1.165, 1.54) is 31.6 Å². The number of thiocarbonyl (C=S) groups is 1. The zero-order valence-corrected chi connectivity index (χ0v) is 19.4. The summed E-state index contributed by atoms with van der Waals surface area (Å²) < 4.78 is 37.5. The second kappa shape index (κ2) is 10.7. The number of ether oxygens (including phenoxy) is 2. The highest BCUT2D eigenvalue weighted by Crippen LogP contribution is 2.19. The molecule has 0 radical (unpaired) electrons. The summed E-state index contributed by atoms with van der Waals surface area (Å²) in [5.74, 6) is -0.0738. The molecule has 0 bridgehead atoms. The number of benzene rings is 2. The molecule has 12 heteroatoms. The molecule has 2 aromatic carbocycles. The van der Waals surface area contributed by atoms with E-state index in [9.17, 15) is 13.2 Å². The molecule has 0 saturated carbocycles. The van der Waals surface area contributed by atoms with Gasteiger partial charge in [0.1, 0.15) is 12.1 Å². The molecule has 0 atom stereocenters. The van der Waals surface area contributed by atoms with E-state index in [-0.39, 0.29) is 16.6 Å². The molecule has 3 N–H and O–H groups in total. The molecule has 33 heavy (non-hydrogen) atoms. The molecule has 3 rings (SSSR count). The van der Waals surface area contributed by atoms with Crippen molar-refractivity contribution in [2.45, 2.75) is 11.8 Å². The van der Waals surface area contributed by atoms with Gasteiger partial charge in [0.15, 0.2) is 5.11 Å². The van der Waals surface area contributed by atoms with Crippen molar-refractivity contribution in [2.75, 3.05) is 29.1 Å². The van der Waals surface area contributed by atoms with E-state index in [2.05, 4.69) is 25.3 Å². The third kappa shape index (κ3) is 6.60. The van der Waals surface area contributed by atoms with E-state index in [1.807, 2.05) is 0 Å². The third-order valence-electron chi connectivity index (χ3n) is 4.17. The first-order valence-electron chi connectivity index (χ1n) is 9.65. The van der Waals surface area contributed by atoms with Crippen LogP contribution in [0.3, 0.4) is 0 Å². The van der Waals surface area contributed by atoms with Crippen molar-refractivity contribution in [3.05, 3.63) is 66.5 Å². The number of esters is 1. The Morgan fingerprint density at radius 2 is 1.61 bits per heavy atom. The number of anilines is 3. The SMILES string of the molecule is CCOC(=O)c1ccc(NC(=S)Nc2ccc(S(=O)(=O)Nc3cc(OC)ncn3)cc2)cc1. The van der Waals surface area contributed by atoms with Crippen LogP contribution in [0.1, 0.15) is 17.3 Å². The number of aromatic nitrogens is 2. The van der Waals surface area contributed by atoms with Gasteiger partial charge >= 0.3 is 5.97 Å². The Labute approximate surface area is 196 Å². The van der Waals surface area contributed by atoms with Crippen molar-refractivity contribution in [2.24, 2.45) is 0 Å². The Morgan fingerprint density at radius 3 is 2.18 bits per heavy atom. The van der Waals surface area contributed by atoms with Crippen LogP contribution in [0.4, 0.5) is 17.2 Å². The highest BCUT2D eigenvalue weighted by atomic mass is 32.2. The molecule has 1 aromatic heterocycles. The van der Waals surface area contributed by atoms with Gasteiger partial charge < -0.3 is 20.1 Å². The molecular weight excluding hydrogens is 466 g/mol. The summed E-state index contributed by atoms with van der Waals surface area (Å²) >= 11 is 5.29. The molecule has 3 aromatic rings. The van der Waals surface area contributed by atoms with Crippen LogP contribution in [0.2, 0.25) is 0 Å². The fourth-order valence-electron chi connectivity index (χ4n) is 2.62. The van der Waals surface area contributed by atoms with Crippen LogP contribution >= 0.6 is 12.2 Å². The standard InChI is InChI=1S/C21H21N5O5S2/c1-3-31-20(27)14-4-6-15(7-5-14)24-21(32)25-16-8-10-17(11-9-16)33(28,29)26-18-12-19(30-2)23-13-22-18/h4-13H,3H2,1-2H3,(H,22,23,26)(H2,24,25,32). The Bertz CT molecular complexity index is 1230. The number of carbonyl (C=O) groups excluding carboxylic acids is 1. The van der Waals surface area contributed by atoms with Crippen molar-refractivity contribution < 1.29 is 22.7 Å². The summed E-state index contributed by atoms with van der Waals surface area (Å²) in [4.78, 5) is 19.5. The van der Waals surface area contributed by atoms with Gasteiger partial charge in [-0.05, 0) is 67.7 Å². The number of sulfonamides is 1. The summed E-state index contributed by atoms with van der Waals surface area (Å²) in [7, 11) is -2.44. The van der Waals surface area contributed by atoms with Crippen LogP contribution in [0.5, 0.6) is 5.88 Å². The molecule has 0 aliphatic rings. The molecule has 1 heterocycles. The van der Waals surface area contributed by atoms with Crippen molar-refractivity contribution in [1.82, 2.24) is 9.97 Å². The van der Waals surface area contributed by atoms with Crippen LogP contribution in [0.25, 0.3) is 0 Å². The van der Waals surface area contributed by atoms with Gasteiger partial charge in [0.2, 0.25) is 5.88 Å². The van der Waals surface area contributed by atoms with E-state index in [4.69, 9.17) is 21.7 Å². The summed E-state index contributed by atoms with van der Waals surface area (Å²) in [6.45, 7) is 2.05. The fourth-order valence-corrected chi connectivity index (χ4v) is 3.85. The fraction of sp³-hybridized carbons (Fsp3) is 0.143. The van der Waals surface area contributed by atoms with Gasteiger partial charge in [-0.15, -0.1) is 0 Å². The lowest BCUT2D eigenvalue weighted by atomic mass is 10.2. The molecule has 0 aliphatic heterocycles. The van der Waals surface area contributed by atoms with Gasteiger partial charge in [-0.3, -0.25) is 4.72 Å². The van der Waals surface area contributed by atoms with Crippen LogP contribution in [0, 0.1) is 0 Å². The average Bonchev–Trinajstić information content (AvgIpc) is 2.80. The normalized spacial score (nSPS) is 10.7. The summed E-state index contributed by atoms with van der Waals surface area (Å²) in [6.07, 6.45) is 1.20. The lowest BCUT2D eigenvalue weighted by molar-refractivity contribution is 0.0526. The van der Waals surface area contributed by atoms with Gasteiger partial charge in [0, 0.05) is 17.4 Å². The number of nitrogens with zero attached hydrogens (tertiary/aromatic N) is 2. The van der Waals surface area contributed by atoms with E-state index < -0.39 is 16.0 Å². The van der Waals surface area contributed by atoms with Crippen molar-refractivity contribution >= 4 is 50.5 Å². The molecule has 0 amide bonds. The average molecular weight is 488 g/mol. The maximum absolute atomic E-state index is 12.6. The van der Waals surface area contributed by atoms with Gasteiger partial charge in [-0.25, -0.2) is 23.2 Å². The number of nitrogens with one attached hydrogen (secondary N) is 3. The predicted molar refractivity (Wildman–Crippen MR) is 128 cm³/mol. The molecule has 10 nitrogen and oxygen atoms in total. The molecule has 0 saturated heterocycles. The van der Waals surface area contributed by atoms with Gasteiger partial charge in [0.05, 0.1) is 24.2 Å². The maximum Gasteiger partial charge on any atom is 0.338 e. The van der Waals surface area contributed by atoms with Gasteiger partial charge in [-0.1, -0.05) is 0 Å². The monoisotopic (exact) mass is 487 g/mol.